The highest BCUT2D eigenvalue weighted by Gasteiger charge is 2.33. The summed E-state index contributed by atoms with van der Waals surface area (Å²) in [5.41, 5.74) is 2.77. The summed E-state index contributed by atoms with van der Waals surface area (Å²) in [7, 11) is 0. The Morgan fingerprint density at radius 2 is 1.90 bits per heavy atom. The van der Waals surface area contributed by atoms with E-state index in [-0.39, 0.29) is 12.1 Å². The summed E-state index contributed by atoms with van der Waals surface area (Å²) in [5, 5.41) is 3.81. The van der Waals surface area contributed by atoms with Crippen molar-refractivity contribution in [3.63, 3.8) is 0 Å². The van der Waals surface area contributed by atoms with Crippen LogP contribution < -0.4 is 5.32 Å². The van der Waals surface area contributed by atoms with Gasteiger partial charge in [-0.15, -0.1) is 6.42 Å². The van der Waals surface area contributed by atoms with E-state index < -0.39 is 11.7 Å². The van der Waals surface area contributed by atoms with Crippen LogP contribution in [0, 0.1) is 12.3 Å². The molecule has 0 aliphatic rings. The van der Waals surface area contributed by atoms with Crippen molar-refractivity contribution in [3.05, 3.63) is 83.1 Å². The second-order valence-corrected chi connectivity index (χ2v) is 6.65. The summed E-state index contributed by atoms with van der Waals surface area (Å²) in [5.74, 6) is 3.14. The predicted octanol–water partition coefficient (Wildman–Crippen LogP) is 4.56. The van der Waals surface area contributed by atoms with E-state index in [2.05, 4.69) is 31.2 Å². The molecular weight excluding hydrogens is 391 g/mol. The Hall–Kier alpha value is -3.86. The summed E-state index contributed by atoms with van der Waals surface area (Å²) in [6, 6.07) is 6.36. The summed E-state index contributed by atoms with van der Waals surface area (Å²) in [4.78, 5) is 15.5. The Labute approximate surface area is 170 Å². The second kappa shape index (κ2) is 7.87. The largest absolute Gasteiger partial charge is 0.416 e. The van der Waals surface area contributed by atoms with Gasteiger partial charge in [0.2, 0.25) is 0 Å². The van der Waals surface area contributed by atoms with E-state index in [9.17, 15) is 13.2 Å². The third kappa shape index (κ3) is 3.96. The highest BCUT2D eigenvalue weighted by Crippen LogP contribution is 2.31. The summed E-state index contributed by atoms with van der Waals surface area (Å²) in [6.45, 7) is -0.0331. The van der Waals surface area contributed by atoms with Gasteiger partial charge in [0.15, 0.2) is 0 Å². The highest BCUT2D eigenvalue weighted by molar-refractivity contribution is 5.86. The van der Waals surface area contributed by atoms with Crippen LogP contribution in [0.25, 0.3) is 11.0 Å². The molecule has 4 aromatic rings. The molecule has 0 fully saturated rings. The van der Waals surface area contributed by atoms with Crippen LogP contribution in [0.3, 0.4) is 0 Å². The van der Waals surface area contributed by atoms with Crippen molar-refractivity contribution >= 4 is 16.9 Å². The number of pyridine rings is 3. The number of nitrogens with zero attached hydrogens (tertiary/aromatic N) is 3. The third-order valence-corrected chi connectivity index (χ3v) is 4.70. The van der Waals surface area contributed by atoms with E-state index in [4.69, 9.17) is 6.42 Å². The number of aromatic nitrogens is 4. The van der Waals surface area contributed by atoms with Crippen molar-refractivity contribution in [1.82, 2.24) is 19.9 Å². The molecule has 0 unspecified atom stereocenters. The molecule has 4 aromatic heterocycles. The summed E-state index contributed by atoms with van der Waals surface area (Å²) >= 11 is 0. The predicted molar refractivity (Wildman–Crippen MR) is 108 cm³/mol. The highest BCUT2D eigenvalue weighted by atomic mass is 19.4. The summed E-state index contributed by atoms with van der Waals surface area (Å²) in [6.07, 6.45) is 9.30. The van der Waals surface area contributed by atoms with Crippen LogP contribution in [0.4, 0.5) is 19.0 Å². The zero-order valence-electron chi connectivity index (χ0n) is 15.7. The van der Waals surface area contributed by atoms with Crippen LogP contribution in [-0.4, -0.2) is 19.9 Å². The van der Waals surface area contributed by atoms with Crippen molar-refractivity contribution in [2.75, 3.05) is 5.32 Å². The fourth-order valence-corrected chi connectivity index (χ4v) is 3.27. The molecule has 0 atom stereocenters. The molecule has 0 aliphatic heterocycles. The molecule has 0 aliphatic carbocycles. The molecule has 0 radical (unpaired) electrons. The first-order valence-electron chi connectivity index (χ1n) is 9.06. The van der Waals surface area contributed by atoms with Gasteiger partial charge in [-0.25, -0.2) is 9.97 Å². The Morgan fingerprint density at radius 1 is 1.03 bits per heavy atom. The molecule has 30 heavy (non-hydrogen) atoms. The standard InChI is InChI=1S/C22H16F3N5/c1-2-15-5-8-27-21-20(15)16(12-30-21)9-14-3-4-19(28-10-14)29-13-17-11-26-7-6-18(17)22(23,24)25/h1,3-8,10-12H,9,13H2,(H,27,30)(H,28,29). The van der Waals surface area contributed by atoms with E-state index in [1.807, 2.05) is 12.3 Å². The van der Waals surface area contributed by atoms with Crippen molar-refractivity contribution in [2.24, 2.45) is 0 Å². The van der Waals surface area contributed by atoms with E-state index in [1.54, 1.807) is 24.5 Å². The van der Waals surface area contributed by atoms with Gasteiger partial charge in [-0.3, -0.25) is 4.98 Å². The number of nitrogens with one attached hydrogen (secondary N) is 2. The van der Waals surface area contributed by atoms with Crippen LogP contribution in [0.1, 0.15) is 27.8 Å². The van der Waals surface area contributed by atoms with E-state index in [0.29, 0.717) is 12.2 Å². The number of rotatable bonds is 5. The van der Waals surface area contributed by atoms with Crippen molar-refractivity contribution < 1.29 is 13.2 Å². The number of anilines is 1. The molecule has 0 bridgehead atoms. The fraction of sp³-hybridized carbons (Fsp3) is 0.136. The topological polar surface area (TPSA) is 66.5 Å². The lowest BCUT2D eigenvalue weighted by Crippen LogP contribution is -2.12. The monoisotopic (exact) mass is 407 g/mol. The van der Waals surface area contributed by atoms with Crippen molar-refractivity contribution in [1.29, 1.82) is 0 Å². The molecule has 150 valence electrons. The number of aromatic amines is 1. The Bertz CT molecular complexity index is 1220. The molecule has 4 heterocycles. The number of alkyl halides is 3. The van der Waals surface area contributed by atoms with Gasteiger partial charge in [0.05, 0.1) is 5.56 Å². The van der Waals surface area contributed by atoms with Gasteiger partial charge in [-0.05, 0) is 29.3 Å². The molecule has 0 saturated carbocycles. The molecule has 4 rings (SSSR count). The normalized spacial score (nSPS) is 11.4. The molecule has 8 heteroatoms. The van der Waals surface area contributed by atoms with Crippen LogP contribution in [0.5, 0.6) is 0 Å². The average Bonchev–Trinajstić information content (AvgIpc) is 3.16. The van der Waals surface area contributed by atoms with Crippen molar-refractivity contribution in [3.8, 4) is 12.3 Å². The number of terminal acetylenes is 1. The van der Waals surface area contributed by atoms with Gasteiger partial charge in [0.1, 0.15) is 11.5 Å². The van der Waals surface area contributed by atoms with Gasteiger partial charge in [0.25, 0.3) is 0 Å². The van der Waals surface area contributed by atoms with Crippen LogP contribution in [-0.2, 0) is 19.1 Å². The molecule has 0 aromatic carbocycles. The zero-order chi connectivity index (χ0) is 21.1. The molecule has 0 spiro atoms. The van der Waals surface area contributed by atoms with Gasteiger partial charge in [-0.2, -0.15) is 13.2 Å². The lowest BCUT2D eigenvalue weighted by molar-refractivity contribution is -0.138. The average molecular weight is 407 g/mol. The lowest BCUT2D eigenvalue weighted by Gasteiger charge is -2.13. The minimum Gasteiger partial charge on any atom is -0.366 e. The number of halogens is 3. The molecule has 0 saturated heterocycles. The van der Waals surface area contributed by atoms with Crippen LogP contribution in [0.15, 0.2) is 55.2 Å². The zero-order valence-corrected chi connectivity index (χ0v) is 15.7. The molecule has 5 nitrogen and oxygen atoms in total. The SMILES string of the molecule is C#Cc1ccnc2[nH]cc(Cc3ccc(NCc4cnccc4C(F)(F)F)nc3)c12. The van der Waals surface area contributed by atoms with Crippen LogP contribution >= 0.6 is 0 Å². The fourth-order valence-electron chi connectivity index (χ4n) is 3.27. The first-order valence-corrected chi connectivity index (χ1v) is 9.06. The maximum absolute atomic E-state index is 13.1. The van der Waals surface area contributed by atoms with E-state index in [0.717, 1.165) is 40.0 Å². The molecule has 2 N–H and O–H groups in total. The van der Waals surface area contributed by atoms with E-state index >= 15 is 0 Å². The number of hydrogen-bond donors (Lipinski definition) is 2. The number of fused-ring (bicyclic) bond motifs is 1. The van der Waals surface area contributed by atoms with Gasteiger partial charge >= 0.3 is 6.18 Å². The molecule has 0 amide bonds. The Balaban J connectivity index is 1.48. The van der Waals surface area contributed by atoms with Gasteiger partial charge in [0, 0.05) is 60.5 Å². The van der Waals surface area contributed by atoms with Crippen LogP contribution in [0.2, 0.25) is 0 Å². The second-order valence-electron chi connectivity index (χ2n) is 6.65. The maximum Gasteiger partial charge on any atom is 0.416 e. The summed E-state index contributed by atoms with van der Waals surface area (Å²) < 4.78 is 39.2. The first-order chi connectivity index (χ1) is 14.5. The maximum atomic E-state index is 13.1. The smallest absolute Gasteiger partial charge is 0.366 e. The van der Waals surface area contributed by atoms with Crippen molar-refractivity contribution in [2.45, 2.75) is 19.1 Å². The third-order valence-electron chi connectivity index (χ3n) is 4.70. The molecular formula is C22H16F3N5. The first kappa shape index (κ1) is 19.5. The van der Waals surface area contributed by atoms with Gasteiger partial charge < -0.3 is 10.3 Å². The quantitative estimate of drug-likeness (QED) is 0.476. The minimum absolute atomic E-state index is 0.0331. The number of hydrogen-bond acceptors (Lipinski definition) is 4. The number of H-pyrrole nitrogens is 1. The van der Waals surface area contributed by atoms with Gasteiger partial charge in [-0.1, -0.05) is 12.0 Å². The Kier molecular flexibility index (Phi) is 5.11. The minimum atomic E-state index is -4.43. The lowest BCUT2D eigenvalue weighted by atomic mass is 10.0. The Morgan fingerprint density at radius 3 is 2.63 bits per heavy atom. The van der Waals surface area contributed by atoms with E-state index in [1.165, 1.54) is 6.20 Å².